The number of aldehydes is 1. The number of nitrogens with zero attached hydrogens (tertiary/aromatic N) is 2. The van der Waals surface area contributed by atoms with Crippen molar-refractivity contribution < 1.29 is 17.9 Å². The van der Waals surface area contributed by atoms with Gasteiger partial charge in [-0.25, -0.2) is 18.4 Å². The van der Waals surface area contributed by atoms with Gasteiger partial charge in [0.1, 0.15) is 27.6 Å². The molecule has 23 heavy (non-hydrogen) atoms. The van der Waals surface area contributed by atoms with Crippen LogP contribution < -0.4 is 5.32 Å². The van der Waals surface area contributed by atoms with Crippen molar-refractivity contribution in [1.29, 1.82) is 0 Å². The number of carbonyl (C=O) groups excluding carboxylic acids is 1. The van der Waals surface area contributed by atoms with Gasteiger partial charge < -0.3 is 15.0 Å². The summed E-state index contributed by atoms with van der Waals surface area (Å²) >= 11 is 0. The number of fused-ring (bicyclic) bond motifs is 1. The van der Waals surface area contributed by atoms with Crippen molar-refractivity contribution in [2.75, 3.05) is 23.9 Å². The second-order valence-electron chi connectivity index (χ2n) is 5.77. The number of sulfone groups is 1. The summed E-state index contributed by atoms with van der Waals surface area (Å²) < 4.78 is 28.2. The quantitative estimate of drug-likeness (QED) is 0.774. The second-order valence-corrected chi connectivity index (χ2v) is 7.96. The zero-order valence-corrected chi connectivity index (χ0v) is 13.5. The van der Waals surface area contributed by atoms with Gasteiger partial charge in [-0.3, -0.25) is 4.79 Å². The summed E-state index contributed by atoms with van der Waals surface area (Å²) in [5.74, 6) is 0.624. The first kappa shape index (κ1) is 15.9. The molecule has 8 nitrogen and oxygen atoms in total. The van der Waals surface area contributed by atoms with E-state index in [9.17, 15) is 13.2 Å². The SMILES string of the molecule is CS(=O)(=O)C[C@@H]1CC[C@@H](Nc2ncnc3[nH]cc(C=O)c23)CO1. The van der Waals surface area contributed by atoms with Gasteiger partial charge in [-0.05, 0) is 12.8 Å². The lowest BCUT2D eigenvalue weighted by atomic mass is 10.1. The van der Waals surface area contributed by atoms with Crippen LogP contribution in [0, 0.1) is 0 Å². The molecule has 1 aliphatic rings. The molecule has 9 heteroatoms. The standard InChI is InChI=1S/C14H18N4O4S/c1-23(20,21)7-11-3-2-10(6-22-11)18-14-12-9(5-19)4-15-13(12)16-8-17-14/h4-5,8,10-11H,2-3,6-7H2,1H3,(H2,15,16,17,18)/t10-,11+/m1/s1. The smallest absolute Gasteiger partial charge is 0.152 e. The molecular weight excluding hydrogens is 320 g/mol. The van der Waals surface area contributed by atoms with Crippen LogP contribution in [0.5, 0.6) is 0 Å². The minimum absolute atomic E-state index is 0.0123. The van der Waals surface area contributed by atoms with Gasteiger partial charge >= 0.3 is 0 Å². The predicted octanol–water partition coefficient (Wildman–Crippen LogP) is 0.774. The van der Waals surface area contributed by atoms with E-state index in [-0.39, 0.29) is 17.9 Å². The van der Waals surface area contributed by atoms with Crippen molar-refractivity contribution in [3.63, 3.8) is 0 Å². The van der Waals surface area contributed by atoms with Crippen molar-refractivity contribution in [1.82, 2.24) is 15.0 Å². The fourth-order valence-electron chi connectivity index (χ4n) is 2.77. The summed E-state index contributed by atoms with van der Waals surface area (Å²) in [6.07, 6.45) is 6.16. The molecule has 3 heterocycles. The molecule has 2 aromatic rings. The van der Waals surface area contributed by atoms with E-state index in [2.05, 4.69) is 20.3 Å². The van der Waals surface area contributed by atoms with E-state index in [1.807, 2.05) is 0 Å². The Morgan fingerprint density at radius 2 is 2.26 bits per heavy atom. The summed E-state index contributed by atoms with van der Waals surface area (Å²) in [4.78, 5) is 22.3. The highest BCUT2D eigenvalue weighted by atomic mass is 32.2. The van der Waals surface area contributed by atoms with Gasteiger partial charge in [0.2, 0.25) is 0 Å². The Hall–Kier alpha value is -2.00. The maximum Gasteiger partial charge on any atom is 0.152 e. The Labute approximate surface area is 133 Å². The summed E-state index contributed by atoms with van der Waals surface area (Å²) in [5, 5.41) is 3.92. The molecule has 0 unspecified atom stereocenters. The van der Waals surface area contributed by atoms with Crippen LogP contribution in [0.4, 0.5) is 5.82 Å². The number of ether oxygens (including phenoxy) is 1. The predicted molar refractivity (Wildman–Crippen MR) is 85.4 cm³/mol. The zero-order chi connectivity index (χ0) is 16.4. The Balaban J connectivity index is 1.70. The maximum atomic E-state index is 11.3. The fraction of sp³-hybridized carbons (Fsp3) is 0.500. The van der Waals surface area contributed by atoms with Crippen LogP contribution in [-0.4, -0.2) is 60.4 Å². The topological polar surface area (TPSA) is 114 Å². The van der Waals surface area contributed by atoms with Crippen LogP contribution in [-0.2, 0) is 14.6 Å². The normalized spacial score (nSPS) is 22.1. The number of aromatic nitrogens is 3. The molecule has 0 bridgehead atoms. The Morgan fingerprint density at radius 1 is 1.43 bits per heavy atom. The van der Waals surface area contributed by atoms with Crippen LogP contribution >= 0.6 is 0 Å². The molecule has 0 aromatic carbocycles. The molecule has 0 aliphatic carbocycles. The van der Waals surface area contributed by atoms with E-state index in [1.165, 1.54) is 12.6 Å². The number of nitrogens with one attached hydrogen (secondary N) is 2. The average Bonchev–Trinajstić information content (AvgIpc) is 2.92. The lowest BCUT2D eigenvalue weighted by Gasteiger charge is -2.29. The molecule has 2 atom stereocenters. The van der Waals surface area contributed by atoms with E-state index >= 15 is 0 Å². The van der Waals surface area contributed by atoms with Crippen molar-refractivity contribution >= 4 is 33.0 Å². The number of aromatic amines is 1. The van der Waals surface area contributed by atoms with E-state index in [4.69, 9.17) is 4.74 Å². The molecule has 1 saturated heterocycles. The van der Waals surface area contributed by atoms with Crippen molar-refractivity contribution in [3.05, 3.63) is 18.1 Å². The number of hydrogen-bond donors (Lipinski definition) is 2. The molecular formula is C14H18N4O4S. The first-order valence-corrected chi connectivity index (χ1v) is 9.35. The lowest BCUT2D eigenvalue weighted by Crippen LogP contribution is -2.37. The zero-order valence-electron chi connectivity index (χ0n) is 12.7. The second kappa shape index (κ2) is 6.25. The molecule has 0 amide bonds. The van der Waals surface area contributed by atoms with E-state index < -0.39 is 9.84 Å². The molecule has 1 fully saturated rings. The van der Waals surface area contributed by atoms with Crippen molar-refractivity contribution in [2.24, 2.45) is 0 Å². The molecule has 0 saturated carbocycles. The van der Waals surface area contributed by atoms with Gasteiger partial charge in [0.25, 0.3) is 0 Å². The largest absolute Gasteiger partial charge is 0.375 e. The van der Waals surface area contributed by atoms with E-state index in [0.717, 1.165) is 12.7 Å². The van der Waals surface area contributed by atoms with Gasteiger partial charge in [0, 0.05) is 18.0 Å². The molecule has 124 valence electrons. The molecule has 2 aromatic heterocycles. The van der Waals surface area contributed by atoms with Gasteiger partial charge in [0.05, 0.1) is 29.9 Å². The Bertz CT molecular complexity index is 809. The fourth-order valence-corrected chi connectivity index (χ4v) is 3.71. The number of H-pyrrole nitrogens is 1. The summed E-state index contributed by atoms with van der Waals surface area (Å²) in [6, 6.07) is 0.0123. The Kier molecular flexibility index (Phi) is 4.31. The minimum Gasteiger partial charge on any atom is -0.375 e. The molecule has 0 spiro atoms. The van der Waals surface area contributed by atoms with Gasteiger partial charge in [-0.2, -0.15) is 0 Å². The van der Waals surface area contributed by atoms with Crippen LogP contribution in [0.1, 0.15) is 23.2 Å². The van der Waals surface area contributed by atoms with Crippen LogP contribution in [0.2, 0.25) is 0 Å². The van der Waals surface area contributed by atoms with Crippen LogP contribution in [0.25, 0.3) is 11.0 Å². The number of anilines is 1. The summed E-state index contributed by atoms with van der Waals surface area (Å²) in [6.45, 7) is 0.395. The third kappa shape index (κ3) is 3.67. The van der Waals surface area contributed by atoms with Crippen LogP contribution in [0.15, 0.2) is 12.5 Å². The highest BCUT2D eigenvalue weighted by molar-refractivity contribution is 7.90. The summed E-state index contributed by atoms with van der Waals surface area (Å²) in [7, 11) is -3.04. The molecule has 2 N–H and O–H groups in total. The average molecular weight is 338 g/mol. The number of rotatable bonds is 5. The lowest BCUT2D eigenvalue weighted by molar-refractivity contribution is 0.0234. The minimum atomic E-state index is -3.04. The highest BCUT2D eigenvalue weighted by Gasteiger charge is 2.25. The Morgan fingerprint density at radius 3 is 2.91 bits per heavy atom. The number of hydrogen-bond acceptors (Lipinski definition) is 7. The number of carbonyl (C=O) groups is 1. The van der Waals surface area contributed by atoms with Gasteiger partial charge in [0.15, 0.2) is 6.29 Å². The van der Waals surface area contributed by atoms with Crippen LogP contribution in [0.3, 0.4) is 0 Å². The molecule has 0 radical (unpaired) electrons. The maximum absolute atomic E-state index is 11.3. The third-order valence-electron chi connectivity index (χ3n) is 3.83. The molecule has 3 rings (SSSR count). The molecule has 1 aliphatic heterocycles. The van der Waals surface area contributed by atoms with Gasteiger partial charge in [-0.1, -0.05) is 0 Å². The van der Waals surface area contributed by atoms with Crippen molar-refractivity contribution in [2.45, 2.75) is 25.0 Å². The monoisotopic (exact) mass is 338 g/mol. The van der Waals surface area contributed by atoms with Gasteiger partial charge in [-0.15, -0.1) is 0 Å². The van der Waals surface area contributed by atoms with Crippen molar-refractivity contribution in [3.8, 4) is 0 Å². The first-order chi connectivity index (χ1) is 11.0. The summed E-state index contributed by atoms with van der Waals surface area (Å²) in [5.41, 5.74) is 1.09. The highest BCUT2D eigenvalue weighted by Crippen LogP contribution is 2.25. The third-order valence-corrected chi connectivity index (χ3v) is 4.80. The van der Waals surface area contributed by atoms with E-state index in [0.29, 0.717) is 35.4 Å². The van der Waals surface area contributed by atoms with E-state index in [1.54, 1.807) is 6.20 Å². The first-order valence-electron chi connectivity index (χ1n) is 7.29.